The molecular weight excluding hydrogens is 385 g/mol. The summed E-state index contributed by atoms with van der Waals surface area (Å²) >= 11 is 11.9. The molecular formula is C20H21Cl2N3O2. The highest BCUT2D eigenvalue weighted by atomic mass is 35.5. The number of carbonyl (C=O) groups excluding carboxylic acids is 2. The minimum Gasteiger partial charge on any atom is -0.343 e. The number of nitrogens with zero attached hydrogens (tertiary/aromatic N) is 2. The Balaban J connectivity index is 1.44. The van der Waals surface area contributed by atoms with Gasteiger partial charge in [0.25, 0.3) is 5.91 Å². The fraction of sp³-hybridized carbons (Fsp3) is 0.300. The number of hydrogen-bond donors (Lipinski definition) is 1. The van der Waals surface area contributed by atoms with Crippen LogP contribution < -0.4 is 5.32 Å². The second kappa shape index (κ2) is 9.22. The molecule has 142 valence electrons. The molecule has 0 spiro atoms. The predicted octanol–water partition coefficient (Wildman–Crippen LogP) is 3.07. The number of amides is 2. The van der Waals surface area contributed by atoms with Crippen molar-refractivity contribution in [3.05, 3.63) is 69.7 Å². The molecule has 0 atom stereocenters. The van der Waals surface area contributed by atoms with Gasteiger partial charge in [0, 0.05) is 37.7 Å². The van der Waals surface area contributed by atoms with Gasteiger partial charge in [0.15, 0.2) is 0 Å². The fourth-order valence-electron chi connectivity index (χ4n) is 3.01. The average Bonchev–Trinajstić information content (AvgIpc) is 2.68. The van der Waals surface area contributed by atoms with E-state index in [0.717, 1.165) is 24.7 Å². The summed E-state index contributed by atoms with van der Waals surface area (Å²) in [6, 6.07) is 14.6. The fourth-order valence-corrected chi connectivity index (χ4v) is 3.36. The monoisotopic (exact) mass is 405 g/mol. The maximum Gasteiger partial charge on any atom is 0.253 e. The van der Waals surface area contributed by atoms with Crippen molar-refractivity contribution in [2.24, 2.45) is 0 Å². The van der Waals surface area contributed by atoms with Crippen LogP contribution in [0.5, 0.6) is 0 Å². The zero-order chi connectivity index (χ0) is 19.2. The standard InChI is InChI=1S/C20H21Cl2N3O2/c21-16-7-5-15(6-8-16)14-24-9-11-25(12-10-24)19(26)13-23-20(27)17-3-1-2-4-18(17)22/h1-8H,9-14H2,(H,23,27). The van der Waals surface area contributed by atoms with E-state index in [1.807, 2.05) is 24.3 Å². The van der Waals surface area contributed by atoms with Crippen LogP contribution in [0.15, 0.2) is 48.5 Å². The number of hydrogen-bond acceptors (Lipinski definition) is 3. The van der Waals surface area contributed by atoms with E-state index >= 15 is 0 Å². The molecule has 0 aromatic heterocycles. The molecule has 1 aliphatic heterocycles. The van der Waals surface area contributed by atoms with Gasteiger partial charge in [0.1, 0.15) is 0 Å². The highest BCUT2D eigenvalue weighted by Crippen LogP contribution is 2.15. The number of nitrogens with one attached hydrogen (secondary N) is 1. The van der Waals surface area contributed by atoms with Crippen LogP contribution in [0.2, 0.25) is 10.0 Å². The largest absolute Gasteiger partial charge is 0.343 e. The van der Waals surface area contributed by atoms with Crippen LogP contribution in [0.1, 0.15) is 15.9 Å². The van der Waals surface area contributed by atoms with Gasteiger partial charge < -0.3 is 10.2 Å². The van der Waals surface area contributed by atoms with E-state index in [4.69, 9.17) is 23.2 Å². The van der Waals surface area contributed by atoms with E-state index in [2.05, 4.69) is 10.2 Å². The smallest absolute Gasteiger partial charge is 0.253 e. The molecule has 0 unspecified atom stereocenters. The number of carbonyl (C=O) groups is 2. The van der Waals surface area contributed by atoms with Crippen LogP contribution in [0.4, 0.5) is 0 Å². The first-order valence-electron chi connectivity index (χ1n) is 8.80. The van der Waals surface area contributed by atoms with Crippen LogP contribution >= 0.6 is 23.2 Å². The molecule has 2 amide bonds. The van der Waals surface area contributed by atoms with E-state index in [9.17, 15) is 9.59 Å². The summed E-state index contributed by atoms with van der Waals surface area (Å²) in [6.45, 7) is 3.70. The Hall–Kier alpha value is -2.08. The molecule has 1 heterocycles. The maximum atomic E-state index is 12.4. The summed E-state index contributed by atoms with van der Waals surface area (Å²) < 4.78 is 0. The molecule has 0 bridgehead atoms. The maximum absolute atomic E-state index is 12.4. The molecule has 1 fully saturated rings. The summed E-state index contributed by atoms with van der Waals surface area (Å²) in [5.41, 5.74) is 1.57. The van der Waals surface area contributed by atoms with Crippen molar-refractivity contribution in [3.8, 4) is 0 Å². The summed E-state index contributed by atoms with van der Waals surface area (Å²) in [6.07, 6.45) is 0. The number of halogens is 2. The molecule has 2 aromatic carbocycles. The van der Waals surface area contributed by atoms with Gasteiger partial charge >= 0.3 is 0 Å². The Bertz CT molecular complexity index is 803. The second-order valence-corrected chi connectivity index (χ2v) is 7.29. The second-order valence-electron chi connectivity index (χ2n) is 6.45. The normalized spacial score (nSPS) is 14.8. The molecule has 0 radical (unpaired) electrons. The van der Waals surface area contributed by atoms with Gasteiger partial charge in [0.2, 0.25) is 5.91 Å². The van der Waals surface area contributed by atoms with E-state index in [1.54, 1.807) is 29.2 Å². The summed E-state index contributed by atoms with van der Waals surface area (Å²) in [5.74, 6) is -0.420. The van der Waals surface area contributed by atoms with Crippen LogP contribution in [0.3, 0.4) is 0 Å². The SMILES string of the molecule is O=C(NCC(=O)N1CCN(Cc2ccc(Cl)cc2)CC1)c1ccccc1Cl. The lowest BCUT2D eigenvalue weighted by atomic mass is 10.2. The van der Waals surface area contributed by atoms with Crippen molar-refractivity contribution in [1.82, 2.24) is 15.1 Å². The van der Waals surface area contributed by atoms with Crippen molar-refractivity contribution in [3.63, 3.8) is 0 Å². The van der Waals surface area contributed by atoms with Crippen molar-refractivity contribution in [2.75, 3.05) is 32.7 Å². The Morgan fingerprint density at radius 1 is 0.926 bits per heavy atom. The Morgan fingerprint density at radius 2 is 1.59 bits per heavy atom. The highest BCUT2D eigenvalue weighted by molar-refractivity contribution is 6.33. The highest BCUT2D eigenvalue weighted by Gasteiger charge is 2.21. The Labute approximate surface area is 168 Å². The molecule has 1 aliphatic rings. The number of benzene rings is 2. The molecule has 0 aliphatic carbocycles. The Kier molecular flexibility index (Phi) is 6.72. The lowest BCUT2D eigenvalue weighted by Gasteiger charge is -2.34. The molecule has 2 aromatic rings. The first-order chi connectivity index (χ1) is 13.0. The number of piperazine rings is 1. The summed E-state index contributed by atoms with van der Waals surface area (Å²) in [4.78, 5) is 28.6. The third-order valence-electron chi connectivity index (χ3n) is 4.56. The van der Waals surface area contributed by atoms with E-state index < -0.39 is 0 Å². The van der Waals surface area contributed by atoms with Crippen molar-refractivity contribution >= 4 is 35.0 Å². The zero-order valence-electron chi connectivity index (χ0n) is 14.8. The average molecular weight is 406 g/mol. The Morgan fingerprint density at radius 3 is 2.26 bits per heavy atom. The van der Waals surface area contributed by atoms with Gasteiger partial charge in [-0.3, -0.25) is 14.5 Å². The summed E-state index contributed by atoms with van der Waals surface area (Å²) in [5, 5.41) is 3.76. The molecule has 3 rings (SSSR count). The lowest BCUT2D eigenvalue weighted by Crippen LogP contribution is -2.50. The molecule has 5 nitrogen and oxygen atoms in total. The number of rotatable bonds is 5. The van der Waals surface area contributed by atoms with Crippen LogP contribution in [0, 0.1) is 0 Å². The minimum atomic E-state index is -0.338. The molecule has 27 heavy (non-hydrogen) atoms. The third kappa shape index (κ3) is 5.45. The molecule has 1 saturated heterocycles. The van der Waals surface area contributed by atoms with Crippen LogP contribution in [0.25, 0.3) is 0 Å². The van der Waals surface area contributed by atoms with Crippen LogP contribution in [-0.2, 0) is 11.3 Å². The summed E-state index contributed by atoms with van der Waals surface area (Å²) in [7, 11) is 0. The molecule has 0 saturated carbocycles. The van der Waals surface area contributed by atoms with Crippen molar-refractivity contribution < 1.29 is 9.59 Å². The first-order valence-corrected chi connectivity index (χ1v) is 9.56. The van der Waals surface area contributed by atoms with Gasteiger partial charge in [-0.25, -0.2) is 0 Å². The quantitative estimate of drug-likeness (QED) is 0.831. The van der Waals surface area contributed by atoms with E-state index in [1.165, 1.54) is 5.56 Å². The third-order valence-corrected chi connectivity index (χ3v) is 5.14. The van der Waals surface area contributed by atoms with Crippen molar-refractivity contribution in [1.29, 1.82) is 0 Å². The molecule has 1 N–H and O–H groups in total. The van der Waals surface area contributed by atoms with Crippen LogP contribution in [-0.4, -0.2) is 54.3 Å². The first kappa shape index (κ1) is 19.7. The zero-order valence-corrected chi connectivity index (χ0v) is 16.3. The van der Waals surface area contributed by atoms with E-state index in [-0.39, 0.29) is 18.4 Å². The lowest BCUT2D eigenvalue weighted by molar-refractivity contribution is -0.131. The predicted molar refractivity (Wildman–Crippen MR) is 107 cm³/mol. The van der Waals surface area contributed by atoms with Gasteiger partial charge in [-0.1, -0.05) is 47.5 Å². The topological polar surface area (TPSA) is 52.7 Å². The van der Waals surface area contributed by atoms with Gasteiger partial charge in [0.05, 0.1) is 17.1 Å². The van der Waals surface area contributed by atoms with E-state index in [0.29, 0.717) is 23.7 Å². The molecule has 7 heteroatoms. The van der Waals surface area contributed by atoms with Gasteiger partial charge in [-0.15, -0.1) is 0 Å². The van der Waals surface area contributed by atoms with Crippen molar-refractivity contribution in [2.45, 2.75) is 6.54 Å². The van der Waals surface area contributed by atoms with Gasteiger partial charge in [-0.05, 0) is 29.8 Å². The van der Waals surface area contributed by atoms with Gasteiger partial charge in [-0.2, -0.15) is 0 Å². The minimum absolute atomic E-state index is 0.0265.